The van der Waals surface area contributed by atoms with E-state index in [1.807, 2.05) is 42.5 Å². The lowest BCUT2D eigenvalue weighted by Crippen LogP contribution is -2.09. The molecule has 0 unspecified atom stereocenters. The van der Waals surface area contributed by atoms with Crippen LogP contribution in [0.4, 0.5) is 0 Å². The fourth-order valence-electron chi connectivity index (χ4n) is 1.66. The average Bonchev–Trinajstić information content (AvgIpc) is 2.98. The van der Waals surface area contributed by atoms with Gasteiger partial charge in [-0.2, -0.15) is 4.28 Å². The van der Waals surface area contributed by atoms with Gasteiger partial charge in [-0.15, -0.1) is 0 Å². The highest BCUT2D eigenvalue weighted by Crippen LogP contribution is 2.41. The first-order chi connectivity index (χ1) is 8.27. The zero-order valence-corrected chi connectivity index (χ0v) is 10.6. The van der Waals surface area contributed by atoms with Gasteiger partial charge >= 0.3 is 0 Å². The first-order valence-electron chi connectivity index (χ1n) is 5.26. The molecule has 0 fully saturated rings. The van der Waals surface area contributed by atoms with Crippen LogP contribution in [0, 0.1) is 0 Å². The van der Waals surface area contributed by atoms with E-state index < -0.39 is 0 Å². The first-order valence-corrected chi connectivity index (χ1v) is 6.41. The molecule has 0 radical (unpaired) electrons. The second kappa shape index (κ2) is 5.25. The van der Waals surface area contributed by atoms with Crippen LogP contribution in [0.5, 0.6) is 0 Å². The molecular formula is C12H14N2O2S. The quantitative estimate of drug-likeness (QED) is 0.620. The molecule has 0 saturated heterocycles. The molecule has 1 aromatic rings. The molecule has 4 nitrogen and oxygen atoms in total. The molecule has 1 aromatic carbocycles. The molecule has 0 atom stereocenters. The van der Waals surface area contributed by atoms with Gasteiger partial charge in [-0.25, -0.2) is 5.06 Å². The van der Waals surface area contributed by atoms with E-state index in [0.717, 1.165) is 22.5 Å². The van der Waals surface area contributed by atoms with Crippen molar-refractivity contribution in [2.24, 2.45) is 0 Å². The van der Waals surface area contributed by atoms with Crippen molar-refractivity contribution in [3.63, 3.8) is 0 Å². The van der Waals surface area contributed by atoms with Crippen LogP contribution in [0.2, 0.25) is 0 Å². The van der Waals surface area contributed by atoms with Crippen molar-refractivity contribution in [1.29, 1.82) is 0 Å². The molecule has 1 amide bonds. The Hall–Kier alpha value is -1.46. The number of hydrogen-bond donors (Lipinski definition) is 1. The highest BCUT2D eigenvalue weighted by atomic mass is 32.2. The number of nitrogens with zero attached hydrogens (tertiary/aromatic N) is 1. The Morgan fingerprint density at radius 3 is 2.71 bits per heavy atom. The van der Waals surface area contributed by atoms with Crippen molar-refractivity contribution in [3.05, 3.63) is 41.1 Å². The number of amides is 1. The fourth-order valence-corrected chi connectivity index (χ4v) is 2.00. The van der Waals surface area contributed by atoms with Gasteiger partial charge in [0.15, 0.2) is 0 Å². The van der Waals surface area contributed by atoms with E-state index in [-0.39, 0.29) is 0 Å². The summed E-state index contributed by atoms with van der Waals surface area (Å²) in [6, 6.07) is 8.07. The molecule has 0 saturated carbocycles. The molecule has 2 rings (SSSR count). The van der Waals surface area contributed by atoms with Crippen LogP contribution < -0.4 is 5.32 Å². The third kappa shape index (κ3) is 2.62. The van der Waals surface area contributed by atoms with Crippen molar-refractivity contribution in [1.82, 2.24) is 10.4 Å². The molecule has 1 N–H and O–H groups in total. The molecule has 1 heterocycles. The van der Waals surface area contributed by atoms with Gasteiger partial charge in [0.1, 0.15) is 0 Å². The van der Waals surface area contributed by atoms with E-state index in [4.69, 9.17) is 4.28 Å². The molecule has 1 aliphatic heterocycles. The Balaban J connectivity index is 2.02. The summed E-state index contributed by atoms with van der Waals surface area (Å²) in [6.45, 7) is 2.58. The molecule has 0 spiro atoms. The molecule has 0 aliphatic carbocycles. The summed E-state index contributed by atoms with van der Waals surface area (Å²) >= 11 is 1.32. The Kier molecular flexibility index (Phi) is 3.71. The lowest BCUT2D eigenvalue weighted by atomic mass is 10.1. The second-order valence-corrected chi connectivity index (χ2v) is 4.15. The molecule has 17 heavy (non-hydrogen) atoms. The number of hydrogen-bond acceptors (Lipinski definition) is 4. The first kappa shape index (κ1) is 12.0. The molecule has 0 aromatic heterocycles. The second-order valence-electron chi connectivity index (χ2n) is 3.67. The largest absolute Gasteiger partial charge is 0.355 e. The van der Waals surface area contributed by atoms with Gasteiger partial charge in [-0.1, -0.05) is 24.3 Å². The lowest BCUT2D eigenvalue weighted by Gasteiger charge is -2.04. The van der Waals surface area contributed by atoms with Gasteiger partial charge in [0.25, 0.3) is 0 Å². The maximum absolute atomic E-state index is 10.2. The van der Waals surface area contributed by atoms with E-state index in [2.05, 4.69) is 5.32 Å². The zero-order chi connectivity index (χ0) is 12.3. The van der Waals surface area contributed by atoms with Crippen molar-refractivity contribution >= 4 is 24.1 Å². The van der Waals surface area contributed by atoms with E-state index in [9.17, 15) is 4.79 Å². The maximum Gasteiger partial charge on any atom is 0.207 e. The summed E-state index contributed by atoms with van der Waals surface area (Å²) in [4.78, 5) is 10.2. The summed E-state index contributed by atoms with van der Waals surface area (Å²) in [7, 11) is 0. The Morgan fingerprint density at radius 2 is 2.12 bits per heavy atom. The van der Waals surface area contributed by atoms with Gasteiger partial charge in [-0.05, 0) is 12.5 Å². The minimum Gasteiger partial charge on any atom is -0.355 e. The monoisotopic (exact) mass is 250 g/mol. The highest BCUT2D eigenvalue weighted by molar-refractivity contribution is 7.93. The van der Waals surface area contributed by atoms with Crippen molar-refractivity contribution < 1.29 is 9.08 Å². The molecule has 1 aliphatic rings. The van der Waals surface area contributed by atoms with Gasteiger partial charge in [0, 0.05) is 30.4 Å². The predicted octanol–water partition coefficient (Wildman–Crippen LogP) is 2.15. The summed E-state index contributed by atoms with van der Waals surface area (Å²) < 4.78 is 5.34. The number of benzene rings is 1. The summed E-state index contributed by atoms with van der Waals surface area (Å²) in [5, 5.41) is 4.44. The number of rotatable bonds is 6. The average molecular weight is 250 g/mol. The molecular weight excluding hydrogens is 236 g/mol. The van der Waals surface area contributed by atoms with E-state index >= 15 is 0 Å². The normalized spacial score (nSPS) is 13.9. The minimum absolute atomic E-state index is 0.562. The Labute approximate surface area is 105 Å². The Morgan fingerprint density at radius 1 is 1.41 bits per heavy atom. The third-order valence-corrected chi connectivity index (χ3v) is 2.86. The topological polar surface area (TPSA) is 41.3 Å². The van der Waals surface area contributed by atoms with Crippen LogP contribution in [-0.2, 0) is 15.6 Å². The van der Waals surface area contributed by atoms with Gasteiger partial charge in [-0.3, -0.25) is 4.79 Å². The number of hydroxylamine groups is 2. The maximum atomic E-state index is 10.2. The summed E-state index contributed by atoms with van der Waals surface area (Å²) in [6.07, 6.45) is 2.59. The number of carbonyl (C=O) groups excluding carboxylic acids is 1. The van der Waals surface area contributed by atoms with Crippen molar-refractivity contribution in [2.45, 2.75) is 13.5 Å². The van der Waals surface area contributed by atoms with Gasteiger partial charge in [0.2, 0.25) is 6.41 Å². The molecule has 0 bridgehead atoms. The lowest BCUT2D eigenvalue weighted by molar-refractivity contribution is -0.109. The van der Waals surface area contributed by atoms with E-state index in [1.165, 1.54) is 12.0 Å². The summed E-state index contributed by atoms with van der Waals surface area (Å²) in [5.41, 5.74) is 4.47. The smallest absolute Gasteiger partial charge is 0.207 e. The van der Waals surface area contributed by atoms with Crippen LogP contribution in [0.25, 0.3) is 5.70 Å². The van der Waals surface area contributed by atoms with Crippen molar-refractivity contribution in [3.8, 4) is 0 Å². The number of nitrogens with one attached hydrogen (secondary N) is 1. The third-order valence-electron chi connectivity index (χ3n) is 2.57. The molecule has 5 heteroatoms. The van der Waals surface area contributed by atoms with Gasteiger partial charge < -0.3 is 5.32 Å². The Bertz CT molecular complexity index is 442. The predicted molar refractivity (Wildman–Crippen MR) is 68.4 cm³/mol. The SMILES string of the molecule is CSON1C(C)=C1c1ccc(CNC=O)cc1. The van der Waals surface area contributed by atoms with Crippen molar-refractivity contribution in [2.75, 3.05) is 6.26 Å². The van der Waals surface area contributed by atoms with Crippen LogP contribution in [0.1, 0.15) is 18.1 Å². The van der Waals surface area contributed by atoms with Gasteiger partial charge in [0.05, 0.1) is 11.4 Å². The fraction of sp³-hybridized carbons (Fsp3) is 0.250. The standard InChI is InChI=1S/C12H14N2O2S/c1-9-12(14(9)16-17-2)11-5-3-10(4-6-11)7-13-8-15/h3-6,8H,7H2,1-2H3,(H,13,15). The van der Waals surface area contributed by atoms with E-state index in [0.29, 0.717) is 13.0 Å². The van der Waals surface area contributed by atoms with Crippen LogP contribution in [-0.4, -0.2) is 17.7 Å². The van der Waals surface area contributed by atoms with Crippen LogP contribution in [0.3, 0.4) is 0 Å². The van der Waals surface area contributed by atoms with Crippen LogP contribution >= 0.6 is 12.0 Å². The molecule has 90 valence electrons. The van der Waals surface area contributed by atoms with Crippen LogP contribution in [0.15, 0.2) is 30.0 Å². The number of allylic oxidation sites excluding steroid dienone is 1. The highest BCUT2D eigenvalue weighted by Gasteiger charge is 2.32. The minimum atomic E-state index is 0.562. The van der Waals surface area contributed by atoms with E-state index in [1.54, 1.807) is 0 Å². The number of carbonyl (C=O) groups is 1. The summed E-state index contributed by atoms with van der Waals surface area (Å²) in [5.74, 6) is 0. The zero-order valence-electron chi connectivity index (χ0n) is 9.77.